The van der Waals surface area contributed by atoms with Crippen molar-refractivity contribution in [2.24, 2.45) is 0 Å². The van der Waals surface area contributed by atoms with Crippen LogP contribution in [0.1, 0.15) is 15.9 Å². The zero-order chi connectivity index (χ0) is 13.1. The first-order chi connectivity index (χ1) is 8.59. The van der Waals surface area contributed by atoms with Crippen LogP contribution in [-0.4, -0.2) is 10.9 Å². The number of carbonyl (C=O) groups is 1. The first-order valence-corrected chi connectivity index (χ1v) is 6.41. The summed E-state index contributed by atoms with van der Waals surface area (Å²) in [6.07, 6.45) is 1.50. The molecule has 18 heavy (non-hydrogen) atoms. The van der Waals surface area contributed by atoms with Crippen LogP contribution in [0.5, 0.6) is 0 Å². The van der Waals surface area contributed by atoms with Gasteiger partial charge in [-0.3, -0.25) is 9.59 Å². The normalized spacial score (nSPS) is 10.1. The molecule has 0 aliphatic heterocycles. The first-order valence-electron chi connectivity index (χ1n) is 5.34. The number of nitrogens with one attached hydrogen (secondary N) is 2. The third-order valence-electron chi connectivity index (χ3n) is 2.58. The summed E-state index contributed by atoms with van der Waals surface area (Å²) in [5.74, 6) is -0.401. The highest BCUT2D eigenvalue weighted by Crippen LogP contribution is 2.20. The molecule has 0 aliphatic rings. The summed E-state index contributed by atoms with van der Waals surface area (Å²) in [6, 6.07) is 8.75. The van der Waals surface area contributed by atoms with Crippen molar-refractivity contribution in [3.63, 3.8) is 0 Å². The van der Waals surface area contributed by atoms with Crippen LogP contribution < -0.4 is 10.9 Å². The third-order valence-corrected chi connectivity index (χ3v) is 3.75. The van der Waals surface area contributed by atoms with Crippen LogP contribution in [0, 0.1) is 10.5 Å². The second-order valence-corrected chi connectivity index (χ2v) is 4.94. The lowest BCUT2D eigenvalue weighted by Crippen LogP contribution is -2.22. The Morgan fingerprint density at radius 1 is 1.28 bits per heavy atom. The van der Waals surface area contributed by atoms with E-state index < -0.39 is 11.5 Å². The number of amides is 1. The molecule has 1 amide bonds. The van der Waals surface area contributed by atoms with Crippen molar-refractivity contribution in [3.05, 3.63) is 61.6 Å². The van der Waals surface area contributed by atoms with E-state index in [1.165, 1.54) is 12.3 Å². The number of rotatable bonds is 2. The minimum atomic E-state index is -0.401. The highest BCUT2D eigenvalue weighted by atomic mass is 127. The average Bonchev–Trinajstić information content (AvgIpc) is 2.35. The maximum absolute atomic E-state index is 12.0. The van der Waals surface area contributed by atoms with Crippen LogP contribution in [0.3, 0.4) is 0 Å². The summed E-state index contributed by atoms with van der Waals surface area (Å²) < 4.78 is 1.06. The minimum absolute atomic E-state index is 0.107. The van der Waals surface area contributed by atoms with Gasteiger partial charge in [0.1, 0.15) is 5.56 Å². The lowest BCUT2D eigenvalue weighted by molar-refractivity contribution is 0.102. The Kier molecular flexibility index (Phi) is 3.81. The fourth-order valence-corrected chi connectivity index (χ4v) is 2.03. The Morgan fingerprint density at radius 3 is 2.78 bits per heavy atom. The Balaban J connectivity index is 2.30. The molecule has 0 aliphatic carbocycles. The molecule has 0 bridgehead atoms. The van der Waals surface area contributed by atoms with Gasteiger partial charge in [-0.25, -0.2) is 0 Å². The lowest BCUT2D eigenvalue weighted by Gasteiger charge is -2.09. The number of aromatic nitrogens is 1. The van der Waals surface area contributed by atoms with Gasteiger partial charge in [0.25, 0.3) is 11.5 Å². The van der Waals surface area contributed by atoms with Gasteiger partial charge in [-0.1, -0.05) is 6.07 Å². The summed E-state index contributed by atoms with van der Waals surface area (Å²) >= 11 is 2.20. The molecule has 0 atom stereocenters. The molecule has 1 aromatic carbocycles. The van der Waals surface area contributed by atoms with Gasteiger partial charge in [0.05, 0.1) is 0 Å². The smallest absolute Gasteiger partial charge is 0.261 e. The summed E-state index contributed by atoms with van der Waals surface area (Å²) in [7, 11) is 0. The second-order valence-electron chi connectivity index (χ2n) is 3.78. The van der Waals surface area contributed by atoms with E-state index in [4.69, 9.17) is 0 Å². The average molecular weight is 354 g/mol. The highest BCUT2D eigenvalue weighted by Gasteiger charge is 2.11. The van der Waals surface area contributed by atoms with Crippen molar-refractivity contribution in [1.29, 1.82) is 0 Å². The molecule has 0 unspecified atom stereocenters. The van der Waals surface area contributed by atoms with Crippen molar-refractivity contribution in [2.45, 2.75) is 6.92 Å². The molecule has 2 rings (SSSR count). The third kappa shape index (κ3) is 2.61. The van der Waals surface area contributed by atoms with Gasteiger partial charge in [-0.05, 0) is 59.3 Å². The zero-order valence-electron chi connectivity index (χ0n) is 9.66. The van der Waals surface area contributed by atoms with Crippen LogP contribution in [0.2, 0.25) is 0 Å². The van der Waals surface area contributed by atoms with Crippen molar-refractivity contribution < 1.29 is 4.79 Å². The lowest BCUT2D eigenvalue weighted by atomic mass is 10.2. The molecule has 0 radical (unpaired) electrons. The second kappa shape index (κ2) is 5.34. The van der Waals surface area contributed by atoms with Crippen LogP contribution in [0.4, 0.5) is 5.69 Å². The van der Waals surface area contributed by atoms with Crippen LogP contribution in [-0.2, 0) is 0 Å². The number of hydrogen-bond acceptors (Lipinski definition) is 2. The molecule has 1 heterocycles. The summed E-state index contributed by atoms with van der Waals surface area (Å²) in [5.41, 5.74) is 1.42. The van der Waals surface area contributed by atoms with Crippen molar-refractivity contribution in [1.82, 2.24) is 4.98 Å². The largest absolute Gasteiger partial charge is 0.328 e. The van der Waals surface area contributed by atoms with Crippen molar-refractivity contribution in [2.75, 3.05) is 5.32 Å². The monoisotopic (exact) mass is 354 g/mol. The fourth-order valence-electron chi connectivity index (χ4n) is 1.53. The van der Waals surface area contributed by atoms with E-state index in [1.54, 1.807) is 6.07 Å². The minimum Gasteiger partial charge on any atom is -0.328 e. The van der Waals surface area contributed by atoms with E-state index in [2.05, 4.69) is 32.9 Å². The van der Waals surface area contributed by atoms with Gasteiger partial charge in [-0.2, -0.15) is 0 Å². The first kappa shape index (κ1) is 12.8. The van der Waals surface area contributed by atoms with Gasteiger partial charge in [-0.15, -0.1) is 0 Å². The molecule has 1 aromatic heterocycles. The Bertz CT molecular complexity index is 649. The molecule has 2 N–H and O–H groups in total. The zero-order valence-corrected chi connectivity index (χ0v) is 11.8. The van der Waals surface area contributed by atoms with Crippen LogP contribution in [0.25, 0.3) is 0 Å². The standard InChI is InChI=1S/C13H11IN2O2/c1-8-10(14)5-2-6-11(8)16-13(18)9-4-3-7-15-12(9)17/h2-7H,1H3,(H,15,17)(H,16,18). The summed E-state index contributed by atoms with van der Waals surface area (Å²) in [4.78, 5) is 25.9. The van der Waals surface area contributed by atoms with Gasteiger partial charge >= 0.3 is 0 Å². The van der Waals surface area contributed by atoms with E-state index in [0.29, 0.717) is 0 Å². The van der Waals surface area contributed by atoms with Crippen molar-refractivity contribution >= 4 is 34.2 Å². The maximum atomic E-state index is 12.0. The van der Waals surface area contributed by atoms with E-state index in [0.717, 1.165) is 14.8 Å². The SMILES string of the molecule is Cc1c(I)cccc1NC(=O)c1ccc[nH]c1=O. The van der Waals surface area contributed by atoms with Gasteiger partial charge in [0.2, 0.25) is 0 Å². The molecule has 0 saturated carbocycles. The molecule has 0 fully saturated rings. The number of halogens is 1. The number of aromatic amines is 1. The predicted octanol–water partition coefficient (Wildman–Crippen LogP) is 2.54. The van der Waals surface area contributed by atoms with Gasteiger partial charge < -0.3 is 10.3 Å². The van der Waals surface area contributed by atoms with Crippen molar-refractivity contribution in [3.8, 4) is 0 Å². The predicted molar refractivity (Wildman–Crippen MR) is 78.9 cm³/mol. The number of H-pyrrole nitrogens is 1. The number of pyridine rings is 1. The number of hydrogen-bond donors (Lipinski definition) is 2. The summed E-state index contributed by atoms with van der Waals surface area (Å²) in [5, 5.41) is 2.74. The molecule has 0 spiro atoms. The van der Waals surface area contributed by atoms with Crippen LogP contribution in [0.15, 0.2) is 41.3 Å². The Labute approximate surface area is 118 Å². The summed E-state index contributed by atoms with van der Waals surface area (Å²) in [6.45, 7) is 1.92. The van der Waals surface area contributed by atoms with E-state index >= 15 is 0 Å². The number of carbonyl (C=O) groups excluding carboxylic acids is 1. The number of anilines is 1. The molecule has 2 aromatic rings. The molecular weight excluding hydrogens is 343 g/mol. The van der Waals surface area contributed by atoms with E-state index in [1.807, 2.05) is 25.1 Å². The molecule has 5 heteroatoms. The Hall–Kier alpha value is -1.63. The molecular formula is C13H11IN2O2. The van der Waals surface area contributed by atoms with E-state index in [9.17, 15) is 9.59 Å². The highest BCUT2D eigenvalue weighted by molar-refractivity contribution is 14.1. The van der Waals surface area contributed by atoms with Gasteiger partial charge in [0.15, 0.2) is 0 Å². The topological polar surface area (TPSA) is 62.0 Å². The van der Waals surface area contributed by atoms with Gasteiger partial charge in [0, 0.05) is 15.5 Å². The van der Waals surface area contributed by atoms with E-state index in [-0.39, 0.29) is 5.56 Å². The Morgan fingerprint density at radius 2 is 2.06 bits per heavy atom. The fraction of sp³-hybridized carbons (Fsp3) is 0.0769. The maximum Gasteiger partial charge on any atom is 0.261 e. The quantitative estimate of drug-likeness (QED) is 0.815. The van der Waals surface area contributed by atoms with Crippen LogP contribution >= 0.6 is 22.6 Å². The number of benzene rings is 1. The molecule has 0 saturated heterocycles. The molecule has 4 nitrogen and oxygen atoms in total. The molecule has 92 valence electrons.